The zero-order valence-corrected chi connectivity index (χ0v) is 12.5. The van der Waals surface area contributed by atoms with Crippen LogP contribution in [0.2, 0.25) is 0 Å². The van der Waals surface area contributed by atoms with Crippen LogP contribution in [-0.2, 0) is 11.3 Å². The minimum absolute atomic E-state index is 0.0870. The van der Waals surface area contributed by atoms with Crippen LogP contribution >= 0.6 is 0 Å². The number of halogens is 3. The Labute approximate surface area is 133 Å². The number of esters is 1. The molecule has 3 rings (SSSR count). The van der Waals surface area contributed by atoms with Gasteiger partial charge < -0.3 is 4.74 Å². The molecule has 0 aliphatic carbocycles. The topological polar surface area (TPSA) is 74.3 Å². The quantitative estimate of drug-likeness (QED) is 0.682. The Morgan fingerprint density at radius 1 is 1.38 bits per heavy atom. The van der Waals surface area contributed by atoms with Crippen LogP contribution in [0.5, 0.6) is 0 Å². The lowest BCUT2D eigenvalue weighted by atomic mass is 10.1. The van der Waals surface area contributed by atoms with Crippen molar-refractivity contribution in [1.82, 2.24) is 24.4 Å². The van der Waals surface area contributed by atoms with Gasteiger partial charge in [0.15, 0.2) is 5.65 Å². The number of rotatable bonds is 4. The molecule has 0 N–H and O–H groups in total. The molecule has 0 saturated heterocycles. The van der Waals surface area contributed by atoms with Crippen LogP contribution in [0, 0.1) is 0 Å². The molecule has 0 saturated carbocycles. The van der Waals surface area contributed by atoms with E-state index in [0.29, 0.717) is 0 Å². The van der Waals surface area contributed by atoms with E-state index in [1.54, 1.807) is 19.2 Å². The van der Waals surface area contributed by atoms with Crippen molar-refractivity contribution >= 4 is 11.6 Å². The van der Waals surface area contributed by atoms with Crippen LogP contribution < -0.4 is 0 Å². The summed E-state index contributed by atoms with van der Waals surface area (Å²) in [6.45, 7) is 0.571. The summed E-state index contributed by atoms with van der Waals surface area (Å²) in [6.07, 6.45) is 1.06. The monoisotopic (exact) mass is 339 g/mol. The van der Waals surface area contributed by atoms with Crippen molar-refractivity contribution < 1.29 is 22.7 Å². The van der Waals surface area contributed by atoms with Crippen LogP contribution in [0.4, 0.5) is 13.2 Å². The van der Waals surface area contributed by atoms with E-state index in [1.165, 1.54) is 23.1 Å². The molecule has 0 fully saturated rings. The van der Waals surface area contributed by atoms with Crippen LogP contribution in [0.3, 0.4) is 0 Å². The molecule has 0 amide bonds. The molecule has 0 unspecified atom stereocenters. The molecule has 0 spiro atoms. The lowest BCUT2D eigenvalue weighted by molar-refractivity contribution is -0.142. The first-order chi connectivity index (χ1) is 11.4. The van der Waals surface area contributed by atoms with Gasteiger partial charge in [0.1, 0.15) is 17.8 Å². The summed E-state index contributed by atoms with van der Waals surface area (Å²) in [7, 11) is 0. The molecule has 0 aliphatic rings. The summed E-state index contributed by atoms with van der Waals surface area (Å²) >= 11 is 0. The maximum absolute atomic E-state index is 12.5. The largest absolute Gasteiger partial charge is 0.462 e. The second kappa shape index (κ2) is 5.95. The number of fused-ring (bicyclic) bond motifs is 1. The minimum atomic E-state index is -4.40. The predicted molar refractivity (Wildman–Crippen MR) is 76.2 cm³/mol. The zero-order chi connectivity index (χ0) is 17.3. The summed E-state index contributed by atoms with van der Waals surface area (Å²) in [4.78, 5) is 16.3. The number of hydrogen-bond acceptors (Lipinski definition) is 5. The molecule has 0 aromatic carbocycles. The predicted octanol–water partition coefficient (Wildman–Crippen LogP) is 2.33. The molecule has 3 aromatic rings. The summed E-state index contributed by atoms with van der Waals surface area (Å²) in [6, 6.07) is 1.62. The number of carbonyl (C=O) groups excluding carboxylic acids is 1. The van der Waals surface area contributed by atoms with E-state index in [4.69, 9.17) is 4.74 Å². The molecule has 3 aromatic heterocycles. The first kappa shape index (κ1) is 16.0. The number of alkyl halides is 3. The average molecular weight is 339 g/mol. The highest BCUT2D eigenvalue weighted by Gasteiger charge is 2.29. The fourth-order valence-electron chi connectivity index (χ4n) is 2.24. The van der Waals surface area contributed by atoms with Crippen LogP contribution in [0.15, 0.2) is 30.9 Å². The molecule has 126 valence electrons. The van der Waals surface area contributed by atoms with E-state index >= 15 is 0 Å². The minimum Gasteiger partial charge on any atom is -0.462 e. The van der Waals surface area contributed by atoms with Gasteiger partial charge in [-0.1, -0.05) is 0 Å². The van der Waals surface area contributed by atoms with E-state index in [0.717, 1.165) is 4.68 Å². The van der Waals surface area contributed by atoms with Gasteiger partial charge in [-0.25, -0.2) is 14.3 Å². The van der Waals surface area contributed by atoms with Crippen molar-refractivity contribution in [2.75, 3.05) is 6.61 Å². The fraction of sp³-hybridized carbons (Fsp3) is 0.286. The van der Waals surface area contributed by atoms with Gasteiger partial charge >= 0.3 is 12.1 Å². The van der Waals surface area contributed by atoms with E-state index in [2.05, 4.69) is 15.2 Å². The molecule has 7 nitrogen and oxygen atoms in total. The average Bonchev–Trinajstić information content (AvgIpc) is 3.09. The molecule has 0 bridgehead atoms. The van der Waals surface area contributed by atoms with Crippen molar-refractivity contribution in [1.29, 1.82) is 0 Å². The molecule has 0 atom stereocenters. The van der Waals surface area contributed by atoms with Gasteiger partial charge in [0.05, 0.1) is 12.8 Å². The number of ether oxygens (including phenoxy) is 1. The fourth-order valence-corrected chi connectivity index (χ4v) is 2.24. The molecular weight excluding hydrogens is 327 g/mol. The summed E-state index contributed by atoms with van der Waals surface area (Å²) < 4.78 is 44.5. The number of nitrogens with zero attached hydrogens (tertiary/aromatic N) is 5. The van der Waals surface area contributed by atoms with Gasteiger partial charge in [-0.2, -0.15) is 23.4 Å². The second-order valence-corrected chi connectivity index (χ2v) is 4.87. The maximum atomic E-state index is 12.5. The van der Waals surface area contributed by atoms with Gasteiger partial charge in [-0.15, -0.1) is 0 Å². The van der Waals surface area contributed by atoms with Gasteiger partial charge in [0.2, 0.25) is 0 Å². The number of aromatic nitrogens is 5. The van der Waals surface area contributed by atoms with Crippen molar-refractivity contribution in [3.8, 4) is 11.3 Å². The Morgan fingerprint density at radius 3 is 2.88 bits per heavy atom. The maximum Gasteiger partial charge on any atom is 0.408 e. The lowest BCUT2D eigenvalue weighted by Gasteiger charge is -2.05. The summed E-state index contributed by atoms with van der Waals surface area (Å²) in [5, 5.41) is 7.88. The van der Waals surface area contributed by atoms with Crippen LogP contribution in [-0.4, -0.2) is 43.1 Å². The van der Waals surface area contributed by atoms with E-state index < -0.39 is 18.7 Å². The highest BCUT2D eigenvalue weighted by molar-refractivity contribution is 6.02. The molecular formula is C14H12F3N5O2. The first-order valence-electron chi connectivity index (χ1n) is 6.99. The summed E-state index contributed by atoms with van der Waals surface area (Å²) in [5.41, 5.74) is 0.784. The Kier molecular flexibility index (Phi) is 3.96. The normalized spacial score (nSPS) is 11.8. The van der Waals surface area contributed by atoms with Crippen molar-refractivity contribution in [3.63, 3.8) is 0 Å². The third kappa shape index (κ3) is 3.07. The van der Waals surface area contributed by atoms with Gasteiger partial charge in [0, 0.05) is 24.2 Å². The standard InChI is InChI=1S/C14H12F3N5O2/c1-2-24-13(23)10-11(20-22-5-3-4-18-12(10)22)9-6-19-21(7-9)8-14(15,16)17/h3-7H,2,8H2,1H3. The van der Waals surface area contributed by atoms with E-state index in [-0.39, 0.29) is 29.1 Å². The van der Waals surface area contributed by atoms with Crippen LogP contribution in [0.1, 0.15) is 17.3 Å². The zero-order valence-electron chi connectivity index (χ0n) is 12.5. The Balaban J connectivity index is 2.09. The van der Waals surface area contributed by atoms with Gasteiger partial charge in [-0.3, -0.25) is 4.68 Å². The molecule has 3 heterocycles. The summed E-state index contributed by atoms with van der Waals surface area (Å²) in [5.74, 6) is -0.648. The van der Waals surface area contributed by atoms with Gasteiger partial charge in [0.25, 0.3) is 0 Å². The first-order valence-corrected chi connectivity index (χ1v) is 6.99. The Hall–Kier alpha value is -2.91. The molecule has 24 heavy (non-hydrogen) atoms. The number of carbonyl (C=O) groups is 1. The third-order valence-electron chi connectivity index (χ3n) is 3.12. The van der Waals surface area contributed by atoms with Crippen molar-refractivity contribution in [3.05, 3.63) is 36.4 Å². The van der Waals surface area contributed by atoms with Crippen LogP contribution in [0.25, 0.3) is 16.9 Å². The Morgan fingerprint density at radius 2 is 2.17 bits per heavy atom. The second-order valence-electron chi connectivity index (χ2n) is 4.87. The third-order valence-corrected chi connectivity index (χ3v) is 3.12. The smallest absolute Gasteiger partial charge is 0.408 e. The van der Waals surface area contributed by atoms with Crippen molar-refractivity contribution in [2.24, 2.45) is 0 Å². The molecule has 0 aliphatic heterocycles. The van der Waals surface area contributed by atoms with Gasteiger partial charge in [-0.05, 0) is 13.0 Å². The SMILES string of the molecule is CCOC(=O)c1c(-c2cnn(CC(F)(F)F)c2)nn2cccnc12. The van der Waals surface area contributed by atoms with Crippen molar-refractivity contribution in [2.45, 2.75) is 19.6 Å². The highest BCUT2D eigenvalue weighted by atomic mass is 19.4. The van der Waals surface area contributed by atoms with E-state index in [1.807, 2.05) is 0 Å². The molecule has 10 heteroatoms. The highest BCUT2D eigenvalue weighted by Crippen LogP contribution is 2.26. The van der Waals surface area contributed by atoms with E-state index in [9.17, 15) is 18.0 Å². The number of hydrogen-bond donors (Lipinski definition) is 0. The molecule has 0 radical (unpaired) electrons. The lowest BCUT2D eigenvalue weighted by Crippen LogP contribution is -2.17. The Bertz CT molecular complexity index is 884.